The summed E-state index contributed by atoms with van der Waals surface area (Å²) in [7, 11) is 0. The molecule has 1 amide bonds. The Balaban J connectivity index is 1.53. The van der Waals surface area contributed by atoms with E-state index in [4.69, 9.17) is 4.74 Å². The number of aryl methyl sites for hydroxylation is 1. The van der Waals surface area contributed by atoms with Crippen molar-refractivity contribution >= 4 is 40.0 Å². The third kappa shape index (κ3) is 5.80. The molecule has 0 unspecified atom stereocenters. The second kappa shape index (κ2) is 11.3. The maximum atomic E-state index is 12.8. The number of thioether (sulfide) groups is 1. The fourth-order valence-corrected chi connectivity index (χ4v) is 5.42. The number of benzene rings is 2. The van der Waals surface area contributed by atoms with E-state index in [1.54, 1.807) is 6.92 Å². The molecule has 4 aromatic rings. The topological polar surface area (TPSA) is 86.1 Å². The van der Waals surface area contributed by atoms with Crippen molar-refractivity contribution in [1.29, 1.82) is 0 Å². The van der Waals surface area contributed by atoms with Gasteiger partial charge in [-0.3, -0.25) is 9.36 Å². The molecule has 2 aromatic carbocycles. The molecule has 0 aliphatic rings. The van der Waals surface area contributed by atoms with Gasteiger partial charge in [0, 0.05) is 17.0 Å². The van der Waals surface area contributed by atoms with Crippen LogP contribution in [0.4, 0.5) is 5.00 Å². The smallest absolute Gasteiger partial charge is 0.341 e. The van der Waals surface area contributed by atoms with Gasteiger partial charge < -0.3 is 10.1 Å². The molecule has 2 aromatic heterocycles. The number of rotatable bonds is 9. The van der Waals surface area contributed by atoms with Gasteiger partial charge in [-0.2, -0.15) is 0 Å². The average molecular weight is 507 g/mol. The number of nitrogens with zero attached hydrogens (tertiary/aromatic N) is 3. The van der Waals surface area contributed by atoms with Gasteiger partial charge in [0.2, 0.25) is 5.91 Å². The predicted octanol–water partition coefficient (Wildman–Crippen LogP) is 5.44. The summed E-state index contributed by atoms with van der Waals surface area (Å²) < 4.78 is 7.16. The van der Waals surface area contributed by atoms with Crippen molar-refractivity contribution < 1.29 is 14.3 Å². The maximum absolute atomic E-state index is 12.8. The van der Waals surface area contributed by atoms with Gasteiger partial charge in [0.05, 0.1) is 17.9 Å². The molecule has 7 nitrogen and oxygen atoms in total. The molecule has 0 fully saturated rings. The van der Waals surface area contributed by atoms with Crippen LogP contribution in [0.25, 0.3) is 5.69 Å². The number of anilines is 1. The number of nitrogens with one attached hydrogen (secondary N) is 1. The summed E-state index contributed by atoms with van der Waals surface area (Å²) in [6.07, 6.45) is 0.617. The Morgan fingerprint density at radius 3 is 2.40 bits per heavy atom. The standard InChI is InChI=1S/C26H26N4O3S2/c1-4-33-25(32)23-17(2)18(3)35-24(23)27-22(31)16-34-26-29-28-21(15-19-11-7-5-8-12-19)30(26)20-13-9-6-10-14-20/h5-14H,4,15-16H2,1-3H3,(H,27,31). The van der Waals surface area contributed by atoms with Gasteiger partial charge in [-0.1, -0.05) is 60.3 Å². The number of hydrogen-bond acceptors (Lipinski definition) is 7. The van der Waals surface area contributed by atoms with E-state index >= 15 is 0 Å². The van der Waals surface area contributed by atoms with Crippen LogP contribution in [0, 0.1) is 13.8 Å². The van der Waals surface area contributed by atoms with Crippen LogP contribution < -0.4 is 5.32 Å². The molecule has 1 N–H and O–H groups in total. The summed E-state index contributed by atoms with van der Waals surface area (Å²) >= 11 is 2.68. The van der Waals surface area contributed by atoms with Crippen molar-refractivity contribution in [3.8, 4) is 5.69 Å². The molecule has 0 saturated heterocycles. The average Bonchev–Trinajstić information content (AvgIpc) is 3.38. The third-order valence-electron chi connectivity index (χ3n) is 5.37. The minimum Gasteiger partial charge on any atom is -0.462 e. The number of thiophene rings is 1. The van der Waals surface area contributed by atoms with E-state index in [9.17, 15) is 9.59 Å². The van der Waals surface area contributed by atoms with E-state index in [2.05, 4.69) is 27.6 Å². The van der Waals surface area contributed by atoms with Gasteiger partial charge >= 0.3 is 5.97 Å². The van der Waals surface area contributed by atoms with Gasteiger partial charge in [-0.05, 0) is 44.0 Å². The van der Waals surface area contributed by atoms with Crippen molar-refractivity contribution in [2.75, 3.05) is 17.7 Å². The number of amides is 1. The Morgan fingerprint density at radius 2 is 1.71 bits per heavy atom. The SMILES string of the molecule is CCOC(=O)c1c(NC(=O)CSc2nnc(Cc3ccccc3)n2-c2ccccc2)sc(C)c1C. The quantitative estimate of drug-likeness (QED) is 0.240. The van der Waals surface area contributed by atoms with Crippen LogP contribution in [0.15, 0.2) is 65.8 Å². The van der Waals surface area contributed by atoms with Gasteiger partial charge in [0.1, 0.15) is 10.8 Å². The van der Waals surface area contributed by atoms with Crippen molar-refractivity contribution in [3.05, 3.63) is 88.1 Å². The Hall–Kier alpha value is -3.43. The number of ether oxygens (including phenoxy) is 1. The molecule has 0 atom stereocenters. The Bertz CT molecular complexity index is 1320. The lowest BCUT2D eigenvalue weighted by Gasteiger charge is -2.11. The maximum Gasteiger partial charge on any atom is 0.341 e. The summed E-state index contributed by atoms with van der Waals surface area (Å²) in [5.74, 6) is 0.259. The van der Waals surface area contributed by atoms with Crippen LogP contribution in [0.3, 0.4) is 0 Å². The highest BCUT2D eigenvalue weighted by molar-refractivity contribution is 7.99. The molecule has 0 bridgehead atoms. The highest BCUT2D eigenvalue weighted by atomic mass is 32.2. The lowest BCUT2D eigenvalue weighted by atomic mass is 10.1. The third-order valence-corrected chi connectivity index (χ3v) is 7.42. The second-order valence-electron chi connectivity index (χ2n) is 7.78. The number of esters is 1. The van der Waals surface area contributed by atoms with E-state index in [1.807, 2.05) is 66.9 Å². The number of carbonyl (C=O) groups excluding carboxylic acids is 2. The molecule has 0 spiro atoms. The van der Waals surface area contributed by atoms with Crippen molar-refractivity contribution in [3.63, 3.8) is 0 Å². The van der Waals surface area contributed by atoms with Crippen molar-refractivity contribution in [2.24, 2.45) is 0 Å². The normalized spacial score (nSPS) is 10.8. The van der Waals surface area contributed by atoms with Gasteiger partial charge in [-0.25, -0.2) is 4.79 Å². The van der Waals surface area contributed by atoms with Crippen LogP contribution in [0.1, 0.15) is 39.1 Å². The van der Waals surface area contributed by atoms with Crippen LogP contribution in [-0.4, -0.2) is 39.0 Å². The van der Waals surface area contributed by atoms with Gasteiger partial charge in [0.25, 0.3) is 0 Å². The van der Waals surface area contributed by atoms with E-state index in [1.165, 1.54) is 23.1 Å². The second-order valence-corrected chi connectivity index (χ2v) is 9.94. The minimum atomic E-state index is -0.424. The number of para-hydroxylation sites is 1. The van der Waals surface area contributed by atoms with E-state index in [-0.39, 0.29) is 18.3 Å². The lowest BCUT2D eigenvalue weighted by molar-refractivity contribution is -0.113. The van der Waals surface area contributed by atoms with Crippen LogP contribution >= 0.6 is 23.1 Å². The Morgan fingerprint density at radius 1 is 1.03 bits per heavy atom. The first-order chi connectivity index (χ1) is 17.0. The van der Waals surface area contributed by atoms with Crippen molar-refractivity contribution in [2.45, 2.75) is 32.3 Å². The zero-order valence-corrected chi connectivity index (χ0v) is 21.4. The molecule has 2 heterocycles. The van der Waals surface area contributed by atoms with Crippen LogP contribution in [0.5, 0.6) is 0 Å². The first kappa shape index (κ1) is 24.7. The summed E-state index contributed by atoms with van der Waals surface area (Å²) in [5, 5.41) is 12.8. The fraction of sp³-hybridized carbons (Fsp3) is 0.231. The summed E-state index contributed by atoms with van der Waals surface area (Å²) in [6, 6.07) is 19.9. The molecule has 4 rings (SSSR count). The van der Waals surface area contributed by atoms with E-state index in [0.717, 1.165) is 27.5 Å². The van der Waals surface area contributed by atoms with Gasteiger partial charge in [-0.15, -0.1) is 21.5 Å². The van der Waals surface area contributed by atoms with E-state index < -0.39 is 5.97 Å². The molecule has 9 heteroatoms. The number of hydrogen-bond donors (Lipinski definition) is 1. The molecule has 180 valence electrons. The molecule has 0 radical (unpaired) electrons. The summed E-state index contributed by atoms with van der Waals surface area (Å²) in [5.41, 5.74) is 3.30. The Labute approximate surface area is 212 Å². The van der Waals surface area contributed by atoms with Crippen LogP contribution in [-0.2, 0) is 16.0 Å². The van der Waals surface area contributed by atoms with Gasteiger partial charge in [0.15, 0.2) is 5.16 Å². The minimum absolute atomic E-state index is 0.120. The highest BCUT2D eigenvalue weighted by Crippen LogP contribution is 2.33. The fourth-order valence-electron chi connectivity index (χ4n) is 3.58. The van der Waals surface area contributed by atoms with Crippen LogP contribution in [0.2, 0.25) is 0 Å². The molecule has 0 saturated carbocycles. The molecule has 0 aliphatic carbocycles. The zero-order chi connectivity index (χ0) is 24.8. The molecular weight excluding hydrogens is 480 g/mol. The highest BCUT2D eigenvalue weighted by Gasteiger charge is 2.23. The van der Waals surface area contributed by atoms with Crippen molar-refractivity contribution in [1.82, 2.24) is 14.8 Å². The molecular formula is C26H26N4O3S2. The van der Waals surface area contributed by atoms with E-state index in [0.29, 0.717) is 22.1 Å². The first-order valence-corrected chi connectivity index (χ1v) is 13.0. The summed E-state index contributed by atoms with van der Waals surface area (Å²) in [6.45, 7) is 5.82. The largest absolute Gasteiger partial charge is 0.462 e. The number of carbonyl (C=O) groups is 2. The zero-order valence-electron chi connectivity index (χ0n) is 19.8. The first-order valence-electron chi connectivity index (χ1n) is 11.2. The molecule has 0 aliphatic heterocycles. The Kier molecular flexibility index (Phi) is 7.99. The number of aromatic nitrogens is 3. The predicted molar refractivity (Wildman–Crippen MR) is 140 cm³/mol. The monoisotopic (exact) mass is 506 g/mol. The molecule has 35 heavy (non-hydrogen) atoms. The summed E-state index contributed by atoms with van der Waals surface area (Å²) in [4.78, 5) is 26.2. The lowest BCUT2D eigenvalue weighted by Crippen LogP contribution is -2.17.